The molecule has 2 aliphatic rings. The van der Waals surface area contributed by atoms with Gasteiger partial charge in [0.2, 0.25) is 10.0 Å². The van der Waals surface area contributed by atoms with Crippen LogP contribution in [0.15, 0.2) is 24.3 Å². The first-order chi connectivity index (χ1) is 11.4. The van der Waals surface area contributed by atoms with E-state index in [1.807, 2.05) is 18.2 Å². The summed E-state index contributed by atoms with van der Waals surface area (Å²) in [5, 5.41) is 6.08. The van der Waals surface area contributed by atoms with E-state index in [1.165, 1.54) is 29.8 Å². The molecule has 1 atom stereocenters. The van der Waals surface area contributed by atoms with Gasteiger partial charge in [-0.15, -0.1) is 0 Å². The number of urea groups is 1. The zero-order valence-corrected chi connectivity index (χ0v) is 14.8. The first-order valence-electron chi connectivity index (χ1n) is 8.59. The predicted molar refractivity (Wildman–Crippen MR) is 94.5 cm³/mol. The lowest BCUT2D eigenvalue weighted by Gasteiger charge is -2.34. The average molecular weight is 351 g/mol. The van der Waals surface area contributed by atoms with Crippen molar-refractivity contribution in [1.29, 1.82) is 0 Å². The van der Waals surface area contributed by atoms with Gasteiger partial charge >= 0.3 is 6.03 Å². The topological polar surface area (TPSA) is 78.5 Å². The molecule has 1 aliphatic carbocycles. The van der Waals surface area contributed by atoms with E-state index < -0.39 is 10.0 Å². The fraction of sp³-hybridized carbons (Fsp3) is 0.588. The lowest BCUT2D eigenvalue weighted by Crippen LogP contribution is -2.46. The molecule has 6 nitrogen and oxygen atoms in total. The predicted octanol–water partition coefficient (Wildman–Crippen LogP) is 2.53. The third kappa shape index (κ3) is 3.83. The van der Waals surface area contributed by atoms with Crippen molar-refractivity contribution in [2.24, 2.45) is 0 Å². The first-order valence-corrected chi connectivity index (χ1v) is 10.4. The van der Waals surface area contributed by atoms with E-state index in [1.54, 1.807) is 6.07 Å². The van der Waals surface area contributed by atoms with Crippen molar-refractivity contribution in [2.45, 2.75) is 50.6 Å². The highest BCUT2D eigenvalue weighted by atomic mass is 32.2. The Morgan fingerprint density at radius 2 is 1.79 bits per heavy atom. The Kier molecular flexibility index (Phi) is 4.99. The van der Waals surface area contributed by atoms with Gasteiger partial charge < -0.3 is 10.6 Å². The monoisotopic (exact) mass is 351 g/mol. The summed E-state index contributed by atoms with van der Waals surface area (Å²) < 4.78 is 25.3. The van der Waals surface area contributed by atoms with E-state index in [-0.39, 0.29) is 18.1 Å². The highest BCUT2D eigenvalue weighted by Crippen LogP contribution is 2.34. The Labute approximate surface area is 143 Å². The number of rotatable bonds is 3. The maximum atomic E-state index is 12.3. The van der Waals surface area contributed by atoms with Crippen LogP contribution < -0.4 is 14.9 Å². The maximum Gasteiger partial charge on any atom is 0.315 e. The number of amides is 2. The van der Waals surface area contributed by atoms with Crippen molar-refractivity contribution >= 4 is 21.7 Å². The van der Waals surface area contributed by atoms with Crippen LogP contribution in [-0.2, 0) is 10.0 Å². The van der Waals surface area contributed by atoms with Crippen LogP contribution in [0.4, 0.5) is 10.5 Å². The van der Waals surface area contributed by atoms with E-state index in [9.17, 15) is 13.2 Å². The standard InChI is InChI=1S/C17H25N3O3S/c1-24(22,23)20-12-11-15(14-9-5-6-10-16(14)20)19-17(21)18-13-7-3-2-4-8-13/h5-6,9-10,13,15H,2-4,7-8,11-12H2,1H3,(H2,18,19,21). The number of carbonyl (C=O) groups excluding carboxylic acids is 1. The molecule has 0 aromatic heterocycles. The smallest absolute Gasteiger partial charge is 0.315 e. The van der Waals surface area contributed by atoms with Gasteiger partial charge in [0.25, 0.3) is 0 Å². The van der Waals surface area contributed by atoms with Crippen LogP contribution in [0.1, 0.15) is 50.1 Å². The van der Waals surface area contributed by atoms with Gasteiger partial charge in [-0.3, -0.25) is 4.31 Å². The van der Waals surface area contributed by atoms with E-state index >= 15 is 0 Å². The number of hydrogen-bond donors (Lipinski definition) is 2. The number of carbonyl (C=O) groups is 1. The van der Waals surface area contributed by atoms with Gasteiger partial charge in [0.15, 0.2) is 0 Å². The molecule has 1 aromatic carbocycles. The summed E-state index contributed by atoms with van der Waals surface area (Å²) in [4.78, 5) is 12.3. The lowest BCUT2D eigenvalue weighted by atomic mass is 9.95. The van der Waals surface area contributed by atoms with E-state index in [0.717, 1.165) is 18.4 Å². The van der Waals surface area contributed by atoms with Gasteiger partial charge in [-0.2, -0.15) is 0 Å². The van der Waals surface area contributed by atoms with Crippen molar-refractivity contribution in [1.82, 2.24) is 10.6 Å². The molecule has 132 valence electrons. The van der Waals surface area contributed by atoms with E-state index in [4.69, 9.17) is 0 Å². The quantitative estimate of drug-likeness (QED) is 0.878. The van der Waals surface area contributed by atoms with Crippen LogP contribution in [0.25, 0.3) is 0 Å². The third-order valence-electron chi connectivity index (χ3n) is 4.85. The largest absolute Gasteiger partial charge is 0.335 e. The molecule has 0 saturated heterocycles. The van der Waals surface area contributed by atoms with Crippen molar-refractivity contribution in [2.75, 3.05) is 17.1 Å². The normalized spacial score (nSPS) is 21.9. The molecule has 1 fully saturated rings. The Morgan fingerprint density at radius 1 is 1.08 bits per heavy atom. The van der Waals surface area contributed by atoms with Crippen LogP contribution in [0.3, 0.4) is 0 Å². The molecule has 1 aliphatic heterocycles. The van der Waals surface area contributed by atoms with Crippen LogP contribution >= 0.6 is 0 Å². The molecule has 2 amide bonds. The highest BCUT2D eigenvalue weighted by Gasteiger charge is 2.30. The maximum absolute atomic E-state index is 12.3. The average Bonchev–Trinajstić information content (AvgIpc) is 2.55. The minimum Gasteiger partial charge on any atom is -0.335 e. The Hall–Kier alpha value is -1.76. The number of sulfonamides is 1. The molecule has 1 unspecified atom stereocenters. The number of hydrogen-bond acceptors (Lipinski definition) is 3. The Bertz CT molecular complexity index is 699. The van der Waals surface area contributed by atoms with Gasteiger partial charge in [0.1, 0.15) is 0 Å². The van der Waals surface area contributed by atoms with Crippen molar-refractivity contribution in [3.63, 3.8) is 0 Å². The molecule has 2 N–H and O–H groups in total. The molecule has 7 heteroatoms. The number of benzene rings is 1. The lowest BCUT2D eigenvalue weighted by molar-refractivity contribution is 0.228. The van der Waals surface area contributed by atoms with Gasteiger partial charge in [-0.05, 0) is 30.9 Å². The number of nitrogens with zero attached hydrogens (tertiary/aromatic N) is 1. The first kappa shape index (κ1) is 17.1. The number of para-hydroxylation sites is 1. The Morgan fingerprint density at radius 3 is 2.50 bits per heavy atom. The van der Waals surface area contributed by atoms with E-state index in [2.05, 4.69) is 10.6 Å². The summed E-state index contributed by atoms with van der Waals surface area (Å²) in [5.74, 6) is 0. The zero-order chi connectivity index (χ0) is 17.2. The van der Waals surface area contributed by atoms with E-state index in [0.29, 0.717) is 18.7 Å². The molecule has 1 saturated carbocycles. The third-order valence-corrected chi connectivity index (χ3v) is 6.03. The molecule has 3 rings (SSSR count). The van der Waals surface area contributed by atoms with Gasteiger partial charge in [0.05, 0.1) is 18.0 Å². The van der Waals surface area contributed by atoms with Crippen LogP contribution in [0, 0.1) is 0 Å². The molecule has 0 bridgehead atoms. The molecule has 24 heavy (non-hydrogen) atoms. The van der Waals surface area contributed by atoms with Crippen LogP contribution in [-0.4, -0.2) is 33.3 Å². The fourth-order valence-electron chi connectivity index (χ4n) is 3.66. The molecule has 1 aromatic rings. The second-order valence-corrected chi connectivity index (χ2v) is 8.59. The number of nitrogens with one attached hydrogen (secondary N) is 2. The molecular formula is C17H25N3O3S. The minimum absolute atomic E-state index is 0.158. The molecular weight excluding hydrogens is 326 g/mol. The van der Waals surface area contributed by atoms with Crippen molar-refractivity contribution < 1.29 is 13.2 Å². The summed E-state index contributed by atoms with van der Waals surface area (Å²) in [5.41, 5.74) is 1.52. The second kappa shape index (κ2) is 7.01. The molecule has 0 spiro atoms. The summed E-state index contributed by atoms with van der Waals surface area (Å²) in [6, 6.07) is 7.31. The van der Waals surface area contributed by atoms with Gasteiger partial charge in [-0.1, -0.05) is 37.5 Å². The minimum atomic E-state index is -3.31. The SMILES string of the molecule is CS(=O)(=O)N1CCC(NC(=O)NC2CCCCC2)c2ccccc21. The van der Waals surface area contributed by atoms with Crippen LogP contribution in [0.2, 0.25) is 0 Å². The summed E-state index contributed by atoms with van der Waals surface area (Å²) in [7, 11) is -3.31. The van der Waals surface area contributed by atoms with Crippen LogP contribution in [0.5, 0.6) is 0 Å². The fourth-order valence-corrected chi connectivity index (χ4v) is 4.62. The second-order valence-electron chi connectivity index (χ2n) is 6.69. The van der Waals surface area contributed by atoms with Gasteiger partial charge in [-0.25, -0.2) is 13.2 Å². The Balaban J connectivity index is 1.71. The molecule has 1 heterocycles. The summed E-state index contributed by atoms with van der Waals surface area (Å²) in [6.45, 7) is 0.379. The summed E-state index contributed by atoms with van der Waals surface area (Å²) in [6.07, 6.45) is 7.45. The number of anilines is 1. The summed E-state index contributed by atoms with van der Waals surface area (Å²) >= 11 is 0. The van der Waals surface area contributed by atoms with Crippen molar-refractivity contribution in [3.05, 3.63) is 29.8 Å². The highest BCUT2D eigenvalue weighted by molar-refractivity contribution is 7.92. The zero-order valence-electron chi connectivity index (χ0n) is 14.0. The van der Waals surface area contributed by atoms with Crippen molar-refractivity contribution in [3.8, 4) is 0 Å². The molecule has 0 radical (unpaired) electrons. The number of fused-ring (bicyclic) bond motifs is 1. The van der Waals surface area contributed by atoms with Gasteiger partial charge in [0, 0.05) is 12.6 Å².